The van der Waals surface area contributed by atoms with E-state index >= 15 is 13.2 Å². The van der Waals surface area contributed by atoms with Gasteiger partial charge in [0, 0.05) is 46.3 Å². The van der Waals surface area contributed by atoms with Crippen LogP contribution < -0.4 is 23.8 Å². The van der Waals surface area contributed by atoms with Gasteiger partial charge >= 0.3 is 24.3 Å². The molecule has 0 spiro atoms. The zero-order valence-corrected chi connectivity index (χ0v) is 49.0. The predicted octanol–water partition coefficient (Wildman–Crippen LogP) is 18.2. The van der Waals surface area contributed by atoms with Gasteiger partial charge in [-0.2, -0.15) is 26.3 Å². The molecule has 0 aromatic heterocycles. The van der Waals surface area contributed by atoms with E-state index in [9.17, 15) is 22.8 Å². The maximum absolute atomic E-state index is 15.3. The number of rotatable bonds is 14. The number of ether oxygens (including phenoxy) is 5. The van der Waals surface area contributed by atoms with E-state index in [4.69, 9.17) is 23.7 Å². The highest BCUT2D eigenvalue weighted by Gasteiger charge is 2.51. The molecule has 7 aromatic rings. The third-order valence-corrected chi connectivity index (χ3v) is 19.0. The van der Waals surface area contributed by atoms with Gasteiger partial charge in [-0.25, -0.2) is 0 Å². The molecule has 1 unspecified atom stereocenters. The van der Waals surface area contributed by atoms with Crippen molar-refractivity contribution in [2.45, 2.75) is 127 Å². The third kappa shape index (κ3) is 11.3. The van der Waals surface area contributed by atoms with Crippen LogP contribution in [0.2, 0.25) is 0 Å². The Bertz CT molecular complexity index is 3670. The van der Waals surface area contributed by atoms with Crippen molar-refractivity contribution >= 4 is 34.5 Å². The molecule has 1 atom stereocenters. The summed E-state index contributed by atoms with van der Waals surface area (Å²) in [7, 11) is 1.38. The van der Waals surface area contributed by atoms with Crippen molar-refractivity contribution in [3.8, 4) is 45.3 Å². The molecule has 7 aromatic carbocycles. The van der Waals surface area contributed by atoms with Gasteiger partial charge in [-0.1, -0.05) is 131 Å². The van der Waals surface area contributed by atoms with Crippen LogP contribution in [0.4, 0.5) is 32.0 Å². The number of benzene rings is 7. The minimum absolute atomic E-state index is 0.0784. The summed E-state index contributed by atoms with van der Waals surface area (Å²) in [5, 5.41) is 0.502. The molecule has 12 rings (SSSR count). The van der Waals surface area contributed by atoms with Crippen LogP contribution in [0.25, 0.3) is 39.1 Å². The molecule has 2 saturated carbocycles. The first-order chi connectivity index (χ1) is 41.3. The molecule has 0 bridgehead atoms. The molecule has 1 saturated heterocycles. The SMILES string of the molecule is CCCCCC1CCC(c2ccc(-c3ccc(OC(=O)C4CCC(C(=O)Oc5cc6c7c(c8c(c6cc5OC)OC(c5ccccc5)(c5ccc(N6CCOCC6)cc5)C=C8)C(C)(C)c5c-7cc(C(F)(F)F)cc5C(F)(F)F)CC4)cc3)cc2)CC1. The average Bonchev–Trinajstić information content (AvgIpc) is 1.49. The maximum atomic E-state index is 15.3. The minimum atomic E-state index is -5.17. The van der Waals surface area contributed by atoms with Crippen molar-refractivity contribution in [1.82, 2.24) is 0 Å². The Hall–Kier alpha value is -7.58. The summed E-state index contributed by atoms with van der Waals surface area (Å²) in [6, 6.07) is 37.8. The molecular formula is C72H71F6NO7. The second-order valence-corrected chi connectivity index (χ2v) is 24.5. The van der Waals surface area contributed by atoms with Gasteiger partial charge in [-0.15, -0.1) is 0 Å². The van der Waals surface area contributed by atoms with Crippen LogP contribution in [-0.2, 0) is 37.7 Å². The molecule has 0 radical (unpaired) electrons. The number of hydrogen-bond acceptors (Lipinski definition) is 8. The van der Waals surface area contributed by atoms with Crippen LogP contribution in [0.3, 0.4) is 0 Å². The van der Waals surface area contributed by atoms with E-state index in [2.05, 4.69) is 36.1 Å². The number of esters is 2. The van der Waals surface area contributed by atoms with E-state index in [1.165, 1.54) is 70.1 Å². The fourth-order valence-electron chi connectivity index (χ4n) is 14.3. The second kappa shape index (κ2) is 23.6. The number of fused-ring (bicyclic) bond motifs is 8. The molecule has 5 aliphatic rings. The highest BCUT2D eigenvalue weighted by atomic mass is 19.4. The number of anilines is 1. The average molecular weight is 1180 g/mol. The van der Waals surface area contributed by atoms with Gasteiger partial charge in [-0.3, -0.25) is 9.59 Å². The van der Waals surface area contributed by atoms with Crippen LogP contribution >= 0.6 is 0 Å². The van der Waals surface area contributed by atoms with Crippen molar-refractivity contribution in [3.63, 3.8) is 0 Å². The molecule has 86 heavy (non-hydrogen) atoms. The van der Waals surface area contributed by atoms with E-state index in [1.54, 1.807) is 38.1 Å². The van der Waals surface area contributed by atoms with E-state index < -0.39 is 58.3 Å². The molecule has 14 heteroatoms. The highest BCUT2D eigenvalue weighted by Crippen LogP contribution is 2.62. The number of nitrogens with zero attached hydrogens (tertiary/aromatic N) is 1. The molecule has 0 N–H and O–H groups in total. The van der Waals surface area contributed by atoms with E-state index in [0.717, 1.165) is 39.9 Å². The van der Waals surface area contributed by atoms with Gasteiger partial charge in [0.05, 0.1) is 43.3 Å². The monoisotopic (exact) mass is 1180 g/mol. The quantitative estimate of drug-likeness (QED) is 0.0461. The number of carbonyl (C=O) groups is 2. The molecule has 2 aliphatic heterocycles. The molecule has 3 aliphatic carbocycles. The van der Waals surface area contributed by atoms with Crippen molar-refractivity contribution in [1.29, 1.82) is 0 Å². The Labute approximate surface area is 498 Å². The van der Waals surface area contributed by atoms with Crippen LogP contribution in [0.5, 0.6) is 23.0 Å². The predicted molar refractivity (Wildman–Crippen MR) is 322 cm³/mol. The minimum Gasteiger partial charge on any atom is -0.493 e. The van der Waals surface area contributed by atoms with Gasteiger partial charge in [-0.05, 0) is 162 Å². The number of methoxy groups -OCH3 is 1. The number of halogens is 6. The zero-order valence-electron chi connectivity index (χ0n) is 49.0. The molecule has 2 heterocycles. The first kappa shape index (κ1) is 58.8. The summed E-state index contributed by atoms with van der Waals surface area (Å²) >= 11 is 0. The fraction of sp³-hybridized carbons (Fsp3) is 0.389. The lowest BCUT2D eigenvalue weighted by Crippen LogP contribution is -2.37. The summed E-state index contributed by atoms with van der Waals surface area (Å²) in [5.74, 6) is -0.0326. The van der Waals surface area contributed by atoms with Crippen LogP contribution in [0.15, 0.2) is 133 Å². The standard InChI is InChI=1S/C72H71F6NO7/c1-5-6-8-11-44-14-16-45(17-15-44)46-18-20-47(21-19-46)48-26-32-55(33-27-48)84-67(80)49-22-24-50(25-23-49)68(81)85-62-42-57-58(43-61(62)82-4)66-56(65-63(57)59-40-53(71(73,74)75)41-60(72(76,77)78)64(59)69(65,2)3)34-35-70(86-66,51-12-9-7-10-13-51)52-28-30-54(31-29-52)79-36-38-83-39-37-79/h7,9-10,12-13,18-21,26-35,40-45,49-50H,5-6,8,11,14-17,22-25,36-39H2,1-4H3. The lowest BCUT2D eigenvalue weighted by Gasteiger charge is -2.39. The van der Waals surface area contributed by atoms with Gasteiger partial charge < -0.3 is 28.6 Å². The first-order valence-electron chi connectivity index (χ1n) is 30.4. The Morgan fingerprint density at radius 1 is 0.651 bits per heavy atom. The van der Waals surface area contributed by atoms with Crippen molar-refractivity contribution in [2.24, 2.45) is 17.8 Å². The van der Waals surface area contributed by atoms with Crippen LogP contribution in [0.1, 0.15) is 148 Å². The van der Waals surface area contributed by atoms with E-state index in [1.807, 2.05) is 72.8 Å². The summed E-state index contributed by atoms with van der Waals surface area (Å²) < 4.78 is 121. The third-order valence-electron chi connectivity index (χ3n) is 19.0. The number of carbonyl (C=O) groups excluding carboxylic acids is 2. The molecule has 0 amide bonds. The molecule has 8 nitrogen and oxygen atoms in total. The first-order valence-corrected chi connectivity index (χ1v) is 30.4. The smallest absolute Gasteiger partial charge is 0.416 e. The number of morpholine rings is 1. The van der Waals surface area contributed by atoms with E-state index in [0.29, 0.717) is 80.2 Å². The van der Waals surface area contributed by atoms with E-state index in [-0.39, 0.29) is 45.4 Å². The normalized spacial score (nSPS) is 21.7. The van der Waals surface area contributed by atoms with Crippen molar-refractivity contribution < 1.29 is 59.6 Å². The summed E-state index contributed by atoms with van der Waals surface area (Å²) in [5.41, 5.74) is 0.465. The maximum Gasteiger partial charge on any atom is 0.416 e. The summed E-state index contributed by atoms with van der Waals surface area (Å²) in [4.78, 5) is 30.2. The van der Waals surface area contributed by atoms with Gasteiger partial charge in [0.15, 0.2) is 17.1 Å². The Balaban J connectivity index is 0.817. The Morgan fingerprint density at radius 2 is 1.27 bits per heavy atom. The number of hydrogen-bond donors (Lipinski definition) is 0. The second-order valence-electron chi connectivity index (χ2n) is 24.5. The topological polar surface area (TPSA) is 83.5 Å². The van der Waals surface area contributed by atoms with Crippen LogP contribution in [-0.4, -0.2) is 45.4 Å². The molecular weight excluding hydrogens is 1100 g/mol. The molecule has 448 valence electrons. The summed E-state index contributed by atoms with van der Waals surface area (Å²) in [6.45, 7) is 8.03. The Morgan fingerprint density at radius 3 is 1.88 bits per heavy atom. The zero-order chi connectivity index (χ0) is 60.1. The van der Waals surface area contributed by atoms with Crippen molar-refractivity contribution in [3.05, 3.63) is 178 Å². The van der Waals surface area contributed by atoms with Crippen molar-refractivity contribution in [2.75, 3.05) is 38.3 Å². The number of alkyl halides is 6. The van der Waals surface area contributed by atoms with Gasteiger partial charge in [0.2, 0.25) is 0 Å². The van der Waals surface area contributed by atoms with Crippen LogP contribution in [0, 0.1) is 17.8 Å². The van der Waals surface area contributed by atoms with Gasteiger partial charge in [0.25, 0.3) is 0 Å². The largest absolute Gasteiger partial charge is 0.493 e. The highest BCUT2D eigenvalue weighted by molar-refractivity contribution is 6.10. The lowest BCUT2D eigenvalue weighted by molar-refractivity contribution is -0.145. The lowest BCUT2D eigenvalue weighted by atomic mass is 9.75. The fourth-order valence-corrected chi connectivity index (χ4v) is 14.3. The molecule has 3 fully saturated rings. The Kier molecular flexibility index (Phi) is 16.1. The van der Waals surface area contributed by atoms with Gasteiger partial charge in [0.1, 0.15) is 11.5 Å². The number of unbranched alkanes of at least 4 members (excludes halogenated alkanes) is 2. The summed E-state index contributed by atoms with van der Waals surface area (Å²) in [6.07, 6.45) is 4.99.